The van der Waals surface area contributed by atoms with Gasteiger partial charge in [-0.05, 0) is 24.6 Å². The highest BCUT2D eigenvalue weighted by atomic mass is 32.2. The Balaban J connectivity index is 1.78. The molecule has 11 heteroatoms. The second-order valence-corrected chi connectivity index (χ2v) is 6.90. The van der Waals surface area contributed by atoms with Crippen molar-refractivity contribution in [2.45, 2.75) is 18.3 Å². The van der Waals surface area contributed by atoms with Crippen molar-refractivity contribution >= 4 is 35.3 Å². The van der Waals surface area contributed by atoms with Gasteiger partial charge in [0.2, 0.25) is 5.71 Å². The van der Waals surface area contributed by atoms with Crippen LogP contribution in [0.3, 0.4) is 0 Å². The quantitative estimate of drug-likeness (QED) is 0.275. The number of furan rings is 1. The maximum Gasteiger partial charge on any atom is 0.355 e. The van der Waals surface area contributed by atoms with Crippen LogP contribution in [0.1, 0.15) is 12.7 Å². The van der Waals surface area contributed by atoms with Crippen molar-refractivity contribution in [3.05, 3.63) is 35.4 Å². The van der Waals surface area contributed by atoms with Crippen LogP contribution in [0.4, 0.5) is 0 Å². The molecule has 0 spiro atoms. The molecule has 10 nitrogen and oxygen atoms in total. The highest BCUT2D eigenvalue weighted by Crippen LogP contribution is 2.40. The lowest BCUT2D eigenvalue weighted by Crippen LogP contribution is -2.71. The molecule has 28 heavy (non-hydrogen) atoms. The van der Waals surface area contributed by atoms with Crippen LogP contribution in [-0.2, 0) is 24.0 Å². The molecular formula is C17H19N3O7S. The number of nitrogens with one attached hydrogen (secondary N) is 1. The Morgan fingerprint density at radius 3 is 2.89 bits per heavy atom. The first-order chi connectivity index (χ1) is 13.5. The molecular weight excluding hydrogens is 390 g/mol. The summed E-state index contributed by atoms with van der Waals surface area (Å²) < 4.78 is 10.2. The number of ether oxygens (including phenoxy) is 1. The zero-order chi connectivity index (χ0) is 20.3. The SMILES string of the molecule is CCOC(=O)C1=C(CO)CSC2C(NC(=O)/C(=N\OC)c3ccco3)C(=O)N12. The van der Waals surface area contributed by atoms with Gasteiger partial charge in [0.15, 0.2) is 5.76 Å². The first-order valence-electron chi connectivity index (χ1n) is 8.44. The van der Waals surface area contributed by atoms with E-state index in [-0.39, 0.29) is 30.4 Å². The lowest BCUT2D eigenvalue weighted by molar-refractivity contribution is -0.152. The lowest BCUT2D eigenvalue weighted by atomic mass is 10.0. The summed E-state index contributed by atoms with van der Waals surface area (Å²) in [7, 11) is 1.29. The number of oxime groups is 1. The van der Waals surface area contributed by atoms with Gasteiger partial charge in [0.1, 0.15) is 24.2 Å². The van der Waals surface area contributed by atoms with Crippen molar-refractivity contribution < 1.29 is 33.5 Å². The minimum atomic E-state index is -0.862. The number of thioether (sulfide) groups is 1. The third-order valence-electron chi connectivity index (χ3n) is 4.15. The van der Waals surface area contributed by atoms with Gasteiger partial charge in [-0.3, -0.25) is 14.5 Å². The van der Waals surface area contributed by atoms with E-state index >= 15 is 0 Å². The molecule has 3 rings (SSSR count). The number of aliphatic hydroxyl groups excluding tert-OH is 1. The molecule has 2 atom stereocenters. The number of hydrogen-bond donors (Lipinski definition) is 2. The minimum Gasteiger partial charge on any atom is -0.462 e. The molecule has 2 aliphatic heterocycles. The summed E-state index contributed by atoms with van der Waals surface area (Å²) in [5.74, 6) is -1.27. The zero-order valence-corrected chi connectivity index (χ0v) is 16.0. The molecule has 0 aromatic carbocycles. The average molecular weight is 409 g/mol. The van der Waals surface area contributed by atoms with Gasteiger partial charge in [0.25, 0.3) is 11.8 Å². The number of β-lactam (4-membered cyclic amide) rings is 1. The van der Waals surface area contributed by atoms with E-state index in [9.17, 15) is 19.5 Å². The summed E-state index contributed by atoms with van der Waals surface area (Å²) in [6.45, 7) is 1.43. The number of amides is 2. The van der Waals surface area contributed by atoms with E-state index < -0.39 is 29.2 Å². The number of aliphatic hydroxyl groups is 1. The number of hydrogen-bond acceptors (Lipinski definition) is 9. The second kappa shape index (κ2) is 8.48. The Morgan fingerprint density at radius 1 is 1.50 bits per heavy atom. The molecule has 0 bridgehead atoms. The molecule has 2 unspecified atom stereocenters. The maximum absolute atomic E-state index is 12.7. The van der Waals surface area contributed by atoms with Crippen LogP contribution in [-0.4, -0.2) is 71.0 Å². The normalized spacial score (nSPS) is 21.8. The fourth-order valence-electron chi connectivity index (χ4n) is 2.91. The summed E-state index contributed by atoms with van der Waals surface area (Å²) in [4.78, 5) is 43.4. The maximum atomic E-state index is 12.7. The Morgan fingerprint density at radius 2 is 2.29 bits per heavy atom. The fourth-order valence-corrected chi connectivity index (χ4v) is 4.24. The molecule has 2 aliphatic rings. The number of rotatable bonds is 7. The smallest absolute Gasteiger partial charge is 0.355 e. The molecule has 3 heterocycles. The van der Waals surface area contributed by atoms with Gasteiger partial charge < -0.3 is 24.4 Å². The third-order valence-corrected chi connectivity index (χ3v) is 5.49. The van der Waals surface area contributed by atoms with E-state index in [4.69, 9.17) is 9.15 Å². The predicted octanol–water partition coefficient (Wildman–Crippen LogP) is -0.161. The van der Waals surface area contributed by atoms with Crippen molar-refractivity contribution in [3.8, 4) is 0 Å². The number of nitrogens with zero attached hydrogens (tertiary/aromatic N) is 2. The zero-order valence-electron chi connectivity index (χ0n) is 15.2. The highest BCUT2D eigenvalue weighted by Gasteiger charge is 2.54. The molecule has 2 amide bonds. The van der Waals surface area contributed by atoms with Crippen molar-refractivity contribution in [2.24, 2.45) is 5.16 Å². The highest BCUT2D eigenvalue weighted by molar-refractivity contribution is 8.00. The monoisotopic (exact) mass is 409 g/mol. The topological polar surface area (TPSA) is 131 Å². The van der Waals surface area contributed by atoms with Crippen LogP contribution in [0.25, 0.3) is 0 Å². The first kappa shape index (κ1) is 20.0. The van der Waals surface area contributed by atoms with Crippen LogP contribution in [0.15, 0.2) is 39.2 Å². The minimum absolute atomic E-state index is 0.0421. The number of esters is 1. The molecule has 0 aliphatic carbocycles. The van der Waals surface area contributed by atoms with Crippen molar-refractivity contribution in [1.29, 1.82) is 0 Å². The summed E-state index contributed by atoms with van der Waals surface area (Å²) in [5.41, 5.74) is 0.340. The Labute approximate surface area is 164 Å². The molecule has 1 aromatic heterocycles. The van der Waals surface area contributed by atoms with Crippen molar-refractivity contribution in [1.82, 2.24) is 10.2 Å². The summed E-state index contributed by atoms with van der Waals surface area (Å²) in [6, 6.07) is 2.27. The van der Waals surface area contributed by atoms with Gasteiger partial charge in [-0.1, -0.05) is 5.16 Å². The second-order valence-electron chi connectivity index (χ2n) is 5.79. The lowest BCUT2D eigenvalue weighted by Gasteiger charge is -2.49. The van der Waals surface area contributed by atoms with Gasteiger partial charge in [-0.15, -0.1) is 11.8 Å². The van der Waals surface area contributed by atoms with Gasteiger partial charge in [-0.25, -0.2) is 4.79 Å². The van der Waals surface area contributed by atoms with Crippen LogP contribution >= 0.6 is 11.8 Å². The van der Waals surface area contributed by atoms with Gasteiger partial charge in [0, 0.05) is 5.75 Å². The van der Waals surface area contributed by atoms with E-state index in [2.05, 4.69) is 15.3 Å². The van der Waals surface area contributed by atoms with E-state index in [1.54, 1.807) is 13.0 Å². The van der Waals surface area contributed by atoms with E-state index in [1.165, 1.54) is 36.1 Å². The van der Waals surface area contributed by atoms with Crippen LogP contribution < -0.4 is 5.32 Å². The van der Waals surface area contributed by atoms with Gasteiger partial charge in [0.05, 0.1) is 19.5 Å². The standard InChI is InChI=1S/C17H19N3O7S/c1-3-26-17(24)13-9(7-21)8-28-16-12(15(23)20(13)16)18-14(22)11(19-25-2)10-5-4-6-27-10/h4-6,12,16,21H,3,7-8H2,1-2H3,(H,18,22)/b19-11-. The molecule has 0 saturated carbocycles. The van der Waals surface area contributed by atoms with E-state index in [0.717, 1.165) is 0 Å². The first-order valence-corrected chi connectivity index (χ1v) is 9.48. The van der Waals surface area contributed by atoms with Crippen LogP contribution in [0, 0.1) is 0 Å². The van der Waals surface area contributed by atoms with E-state index in [1.807, 2.05) is 0 Å². The number of carbonyl (C=O) groups is 3. The summed E-state index contributed by atoms with van der Waals surface area (Å²) in [6.07, 6.45) is 1.38. The van der Waals surface area contributed by atoms with Crippen molar-refractivity contribution in [3.63, 3.8) is 0 Å². The Kier molecular flexibility index (Phi) is 6.05. The third kappa shape index (κ3) is 3.50. The van der Waals surface area contributed by atoms with Crippen LogP contribution in [0.5, 0.6) is 0 Å². The fraction of sp³-hybridized carbons (Fsp3) is 0.412. The molecule has 150 valence electrons. The van der Waals surface area contributed by atoms with Gasteiger partial charge >= 0.3 is 5.97 Å². The number of carbonyl (C=O) groups excluding carboxylic acids is 3. The van der Waals surface area contributed by atoms with Gasteiger partial charge in [-0.2, -0.15) is 0 Å². The molecule has 1 fully saturated rings. The predicted molar refractivity (Wildman–Crippen MR) is 98.0 cm³/mol. The molecule has 2 N–H and O–H groups in total. The molecule has 1 saturated heterocycles. The average Bonchev–Trinajstić information content (AvgIpc) is 3.23. The summed E-state index contributed by atoms with van der Waals surface area (Å²) in [5, 5.41) is 15.3. The summed E-state index contributed by atoms with van der Waals surface area (Å²) >= 11 is 1.33. The van der Waals surface area contributed by atoms with Crippen LogP contribution in [0.2, 0.25) is 0 Å². The number of fused-ring (bicyclic) bond motifs is 1. The van der Waals surface area contributed by atoms with E-state index in [0.29, 0.717) is 11.3 Å². The Bertz CT molecular complexity index is 834. The van der Waals surface area contributed by atoms with Crippen molar-refractivity contribution in [2.75, 3.05) is 26.1 Å². The Hall–Kier alpha value is -2.79. The largest absolute Gasteiger partial charge is 0.462 e. The molecule has 0 radical (unpaired) electrons. The molecule has 1 aromatic rings.